The first-order chi connectivity index (χ1) is 9.02. The van der Waals surface area contributed by atoms with Gasteiger partial charge in [0.05, 0.1) is 5.56 Å². The van der Waals surface area contributed by atoms with Gasteiger partial charge in [-0.15, -0.1) is 0 Å². The van der Waals surface area contributed by atoms with Crippen LogP contribution >= 0.6 is 31.9 Å². The van der Waals surface area contributed by atoms with Crippen molar-refractivity contribution in [1.82, 2.24) is 4.90 Å². The SMILES string of the molecule is CCC1CN(C(=O)c2ccc(Br)cc2Br)CCC1N. The van der Waals surface area contributed by atoms with Gasteiger partial charge in [0, 0.05) is 28.1 Å². The summed E-state index contributed by atoms with van der Waals surface area (Å²) in [5.74, 6) is 0.497. The molecule has 1 aromatic carbocycles. The van der Waals surface area contributed by atoms with Crippen LogP contribution in [0.3, 0.4) is 0 Å². The minimum atomic E-state index is 0.0877. The monoisotopic (exact) mass is 388 g/mol. The molecule has 1 saturated heterocycles. The topological polar surface area (TPSA) is 46.3 Å². The lowest BCUT2D eigenvalue weighted by Crippen LogP contribution is -2.49. The van der Waals surface area contributed by atoms with Crippen LogP contribution in [-0.4, -0.2) is 29.9 Å². The average molecular weight is 390 g/mol. The lowest BCUT2D eigenvalue weighted by atomic mass is 9.90. The van der Waals surface area contributed by atoms with Crippen LogP contribution < -0.4 is 5.73 Å². The molecule has 2 unspecified atom stereocenters. The van der Waals surface area contributed by atoms with Gasteiger partial charge in [0.25, 0.3) is 5.91 Å². The van der Waals surface area contributed by atoms with Gasteiger partial charge in [0.2, 0.25) is 0 Å². The van der Waals surface area contributed by atoms with Gasteiger partial charge in [-0.2, -0.15) is 0 Å². The summed E-state index contributed by atoms with van der Waals surface area (Å²) in [7, 11) is 0. The zero-order valence-electron chi connectivity index (χ0n) is 10.9. The molecule has 0 saturated carbocycles. The number of likely N-dealkylation sites (tertiary alicyclic amines) is 1. The smallest absolute Gasteiger partial charge is 0.255 e. The minimum absolute atomic E-state index is 0.0877. The Hall–Kier alpha value is -0.390. The highest BCUT2D eigenvalue weighted by molar-refractivity contribution is 9.11. The molecule has 104 valence electrons. The number of nitrogens with zero attached hydrogens (tertiary/aromatic N) is 1. The van der Waals surface area contributed by atoms with Crippen molar-refractivity contribution in [3.8, 4) is 0 Å². The summed E-state index contributed by atoms with van der Waals surface area (Å²) in [6, 6.07) is 5.87. The molecule has 0 spiro atoms. The number of carbonyl (C=O) groups excluding carboxylic acids is 1. The number of rotatable bonds is 2. The molecule has 1 fully saturated rings. The summed E-state index contributed by atoms with van der Waals surface area (Å²) in [4.78, 5) is 14.5. The molecule has 0 aromatic heterocycles. The largest absolute Gasteiger partial charge is 0.338 e. The minimum Gasteiger partial charge on any atom is -0.338 e. The highest BCUT2D eigenvalue weighted by atomic mass is 79.9. The van der Waals surface area contributed by atoms with E-state index in [1.807, 2.05) is 23.1 Å². The van der Waals surface area contributed by atoms with Crippen molar-refractivity contribution in [3.05, 3.63) is 32.7 Å². The number of amides is 1. The Morgan fingerprint density at radius 2 is 2.21 bits per heavy atom. The van der Waals surface area contributed by atoms with Gasteiger partial charge in [-0.05, 0) is 46.5 Å². The first-order valence-corrected chi connectivity index (χ1v) is 8.11. The van der Waals surface area contributed by atoms with Crippen LogP contribution in [0, 0.1) is 5.92 Å². The highest BCUT2D eigenvalue weighted by Crippen LogP contribution is 2.26. The number of halogens is 2. The third kappa shape index (κ3) is 3.38. The van der Waals surface area contributed by atoms with E-state index in [9.17, 15) is 4.79 Å². The van der Waals surface area contributed by atoms with Gasteiger partial charge in [-0.1, -0.05) is 29.3 Å². The molecule has 1 aromatic rings. The summed E-state index contributed by atoms with van der Waals surface area (Å²) in [5.41, 5.74) is 6.80. The molecule has 1 aliphatic rings. The van der Waals surface area contributed by atoms with Crippen LogP contribution in [0.25, 0.3) is 0 Å². The highest BCUT2D eigenvalue weighted by Gasteiger charge is 2.29. The van der Waals surface area contributed by atoms with E-state index in [-0.39, 0.29) is 11.9 Å². The van der Waals surface area contributed by atoms with Crippen LogP contribution in [0.2, 0.25) is 0 Å². The number of benzene rings is 1. The predicted molar refractivity (Wildman–Crippen MR) is 84.1 cm³/mol. The number of nitrogens with two attached hydrogens (primary N) is 1. The van der Waals surface area contributed by atoms with Crippen molar-refractivity contribution in [2.24, 2.45) is 11.7 Å². The predicted octanol–water partition coefficient (Wildman–Crippen LogP) is 3.41. The Morgan fingerprint density at radius 3 is 2.84 bits per heavy atom. The maximum absolute atomic E-state index is 12.5. The van der Waals surface area contributed by atoms with Gasteiger partial charge in [0.1, 0.15) is 0 Å². The standard InChI is InChI=1S/C14H18Br2N2O/c1-2-9-8-18(6-5-13(9)17)14(19)11-4-3-10(15)7-12(11)16/h3-4,7,9,13H,2,5-6,8,17H2,1H3. The molecule has 0 radical (unpaired) electrons. The zero-order valence-corrected chi connectivity index (χ0v) is 14.1. The molecule has 1 amide bonds. The van der Waals surface area contributed by atoms with E-state index >= 15 is 0 Å². The Kier molecular flexibility index (Phi) is 5.03. The number of carbonyl (C=O) groups is 1. The molecular formula is C14H18Br2N2O. The second-order valence-electron chi connectivity index (χ2n) is 5.00. The van der Waals surface area contributed by atoms with Crippen LogP contribution in [-0.2, 0) is 0 Å². The van der Waals surface area contributed by atoms with Crippen molar-refractivity contribution in [2.75, 3.05) is 13.1 Å². The van der Waals surface area contributed by atoms with E-state index < -0.39 is 0 Å². The molecule has 1 aliphatic heterocycles. The van der Waals surface area contributed by atoms with E-state index in [4.69, 9.17) is 5.73 Å². The molecule has 0 bridgehead atoms. The maximum Gasteiger partial charge on any atom is 0.255 e. The van der Waals surface area contributed by atoms with E-state index in [0.29, 0.717) is 11.5 Å². The molecule has 2 atom stereocenters. The van der Waals surface area contributed by atoms with Crippen LogP contribution in [0.15, 0.2) is 27.1 Å². The van der Waals surface area contributed by atoms with Gasteiger partial charge < -0.3 is 10.6 Å². The number of piperidine rings is 1. The summed E-state index contributed by atoms with van der Waals surface area (Å²) in [6.45, 7) is 3.64. The zero-order chi connectivity index (χ0) is 14.0. The summed E-state index contributed by atoms with van der Waals surface area (Å²) in [6.07, 6.45) is 1.91. The van der Waals surface area contributed by atoms with Gasteiger partial charge in [-0.25, -0.2) is 0 Å². The number of hydrogen-bond donors (Lipinski definition) is 1. The maximum atomic E-state index is 12.5. The second-order valence-corrected chi connectivity index (χ2v) is 6.77. The fourth-order valence-electron chi connectivity index (χ4n) is 2.50. The second kappa shape index (κ2) is 6.37. The average Bonchev–Trinajstić information content (AvgIpc) is 2.38. The van der Waals surface area contributed by atoms with Crippen molar-refractivity contribution in [3.63, 3.8) is 0 Å². The van der Waals surface area contributed by atoms with Crippen LogP contribution in [0.4, 0.5) is 0 Å². The van der Waals surface area contributed by atoms with Gasteiger partial charge in [-0.3, -0.25) is 4.79 Å². The van der Waals surface area contributed by atoms with E-state index in [0.717, 1.165) is 34.9 Å². The molecule has 3 nitrogen and oxygen atoms in total. The fourth-order valence-corrected chi connectivity index (χ4v) is 3.72. The summed E-state index contributed by atoms with van der Waals surface area (Å²) in [5, 5.41) is 0. The van der Waals surface area contributed by atoms with Gasteiger partial charge in [0.15, 0.2) is 0 Å². The first-order valence-electron chi connectivity index (χ1n) is 6.52. The first kappa shape index (κ1) is 15.0. The third-order valence-corrected chi connectivity index (χ3v) is 4.92. The number of hydrogen-bond acceptors (Lipinski definition) is 2. The van der Waals surface area contributed by atoms with Crippen molar-refractivity contribution < 1.29 is 4.79 Å². The Labute approximate surface area is 130 Å². The third-order valence-electron chi connectivity index (χ3n) is 3.77. The lowest BCUT2D eigenvalue weighted by molar-refractivity contribution is 0.0648. The molecular weight excluding hydrogens is 372 g/mol. The Balaban J connectivity index is 2.15. The molecule has 0 aliphatic carbocycles. The Morgan fingerprint density at radius 1 is 1.47 bits per heavy atom. The Bertz CT molecular complexity index is 479. The van der Waals surface area contributed by atoms with Crippen LogP contribution in [0.1, 0.15) is 30.1 Å². The molecule has 1 heterocycles. The van der Waals surface area contributed by atoms with Crippen molar-refractivity contribution in [2.45, 2.75) is 25.8 Å². The molecule has 19 heavy (non-hydrogen) atoms. The quantitative estimate of drug-likeness (QED) is 0.842. The summed E-state index contributed by atoms with van der Waals surface area (Å²) >= 11 is 6.85. The van der Waals surface area contributed by atoms with E-state index in [1.165, 1.54) is 0 Å². The molecule has 2 rings (SSSR count). The van der Waals surface area contributed by atoms with E-state index in [2.05, 4.69) is 38.8 Å². The molecule has 2 N–H and O–H groups in total. The summed E-state index contributed by atoms with van der Waals surface area (Å²) < 4.78 is 1.79. The normalized spacial score (nSPS) is 23.5. The lowest BCUT2D eigenvalue weighted by Gasteiger charge is -2.36. The fraction of sp³-hybridized carbons (Fsp3) is 0.500. The van der Waals surface area contributed by atoms with Crippen LogP contribution in [0.5, 0.6) is 0 Å². The van der Waals surface area contributed by atoms with E-state index in [1.54, 1.807) is 0 Å². The molecule has 5 heteroatoms. The van der Waals surface area contributed by atoms with Crippen molar-refractivity contribution in [1.29, 1.82) is 0 Å². The van der Waals surface area contributed by atoms with Crippen molar-refractivity contribution >= 4 is 37.8 Å². The van der Waals surface area contributed by atoms with Gasteiger partial charge >= 0.3 is 0 Å².